The molecule has 7 nitrogen and oxygen atoms in total. The molecule has 0 spiro atoms. The van der Waals surface area contributed by atoms with Gasteiger partial charge in [0.25, 0.3) is 0 Å². The molecule has 0 amide bonds. The number of rotatable bonds is 8. The van der Waals surface area contributed by atoms with Crippen LogP contribution in [0.1, 0.15) is 22.3 Å². The average molecular weight is 428 g/mol. The molecule has 0 radical (unpaired) electrons. The van der Waals surface area contributed by atoms with Crippen LogP contribution in [0.25, 0.3) is 0 Å². The lowest BCUT2D eigenvalue weighted by molar-refractivity contribution is 0.240. The summed E-state index contributed by atoms with van der Waals surface area (Å²) in [5.74, 6) is 0.466. The Morgan fingerprint density at radius 3 is 2.07 bits per heavy atom. The highest BCUT2D eigenvalue weighted by molar-refractivity contribution is 7.90. The van der Waals surface area contributed by atoms with Crippen LogP contribution >= 0.6 is 7.60 Å². The lowest BCUT2D eigenvalue weighted by Gasteiger charge is -2.17. The third-order valence-corrected chi connectivity index (χ3v) is 7.14. The second-order valence-electron chi connectivity index (χ2n) is 6.52. The van der Waals surface area contributed by atoms with Crippen LogP contribution in [-0.2, 0) is 29.9 Å². The molecule has 0 heterocycles. The summed E-state index contributed by atoms with van der Waals surface area (Å²) in [6, 6.07) is 7.97. The van der Waals surface area contributed by atoms with Crippen molar-refractivity contribution in [2.75, 3.05) is 26.8 Å². The van der Waals surface area contributed by atoms with E-state index in [1.165, 1.54) is 26.4 Å². The van der Waals surface area contributed by atoms with Crippen LogP contribution in [0.5, 0.6) is 11.5 Å². The van der Waals surface area contributed by atoms with Crippen LogP contribution in [-0.4, -0.2) is 40.3 Å². The van der Waals surface area contributed by atoms with Crippen LogP contribution in [0.4, 0.5) is 0 Å². The number of aromatic hydroxyl groups is 1. The second kappa shape index (κ2) is 8.66. The summed E-state index contributed by atoms with van der Waals surface area (Å²) in [4.78, 5) is 0.0756. The summed E-state index contributed by atoms with van der Waals surface area (Å²) >= 11 is 0. The molecule has 1 N–H and O–H groups in total. The summed E-state index contributed by atoms with van der Waals surface area (Å²) in [5.41, 5.74) is 3.45. The van der Waals surface area contributed by atoms with Gasteiger partial charge in [-0.15, -0.1) is 0 Å². The van der Waals surface area contributed by atoms with Crippen LogP contribution in [0.2, 0.25) is 0 Å². The highest BCUT2D eigenvalue weighted by atomic mass is 32.2. The predicted octanol–water partition coefficient (Wildman–Crippen LogP) is 3.83. The van der Waals surface area contributed by atoms with Crippen LogP contribution < -0.4 is 4.74 Å². The summed E-state index contributed by atoms with van der Waals surface area (Å²) in [7, 11) is -4.05. The maximum atomic E-state index is 12.1. The van der Waals surface area contributed by atoms with E-state index in [0.29, 0.717) is 17.7 Å². The summed E-state index contributed by atoms with van der Waals surface area (Å²) in [6.45, 7) is 3.81. The SMILES string of the molecule is COP(=O)(COc1cc(C)c(Cc2ccc(S(C)(=O)=O)cc2O)c(C)c1)OC. The molecule has 0 aromatic heterocycles. The van der Waals surface area contributed by atoms with Gasteiger partial charge in [0.1, 0.15) is 11.5 Å². The van der Waals surface area contributed by atoms with Crippen LogP contribution in [0.3, 0.4) is 0 Å². The zero-order valence-corrected chi connectivity index (χ0v) is 18.3. The fourth-order valence-corrected chi connectivity index (χ4v) is 4.07. The quantitative estimate of drug-likeness (QED) is 0.638. The molecule has 2 rings (SSSR count). The Morgan fingerprint density at radius 2 is 1.61 bits per heavy atom. The third-order valence-electron chi connectivity index (χ3n) is 4.47. The average Bonchev–Trinajstić information content (AvgIpc) is 2.63. The van der Waals surface area contributed by atoms with Gasteiger partial charge in [-0.3, -0.25) is 4.57 Å². The van der Waals surface area contributed by atoms with E-state index in [1.807, 2.05) is 13.8 Å². The van der Waals surface area contributed by atoms with Crippen molar-refractivity contribution in [3.8, 4) is 11.5 Å². The summed E-state index contributed by atoms with van der Waals surface area (Å²) < 4.78 is 50.6. The van der Waals surface area contributed by atoms with E-state index in [9.17, 15) is 18.1 Å². The molecule has 0 atom stereocenters. The molecule has 0 fully saturated rings. The Kier molecular flexibility index (Phi) is 6.93. The van der Waals surface area contributed by atoms with E-state index in [2.05, 4.69) is 0 Å². The molecule has 0 bridgehead atoms. The number of hydrogen-bond donors (Lipinski definition) is 1. The molecule has 28 heavy (non-hydrogen) atoms. The minimum absolute atomic E-state index is 0.0665. The zero-order chi connectivity index (χ0) is 21.1. The van der Waals surface area contributed by atoms with Gasteiger partial charge < -0.3 is 18.9 Å². The van der Waals surface area contributed by atoms with Gasteiger partial charge in [0.2, 0.25) is 0 Å². The highest BCUT2D eigenvalue weighted by Gasteiger charge is 2.22. The van der Waals surface area contributed by atoms with Crippen molar-refractivity contribution in [3.63, 3.8) is 0 Å². The minimum atomic E-state index is -3.38. The van der Waals surface area contributed by atoms with Crippen molar-refractivity contribution < 1.29 is 31.9 Å². The molecule has 0 aliphatic rings. The molecule has 154 valence electrons. The standard InChI is InChI=1S/C19H25O7PS/c1-13-8-16(26-12-27(21,24-3)25-4)9-14(2)18(13)10-15-6-7-17(11-19(15)20)28(5,22)23/h6-9,11,20H,10,12H2,1-5H3. The van der Waals surface area contributed by atoms with Gasteiger partial charge >= 0.3 is 7.60 Å². The normalized spacial score (nSPS) is 12.2. The van der Waals surface area contributed by atoms with Gasteiger partial charge in [0, 0.05) is 26.9 Å². The number of ether oxygens (including phenoxy) is 1. The topological polar surface area (TPSA) is 99.1 Å². The molecule has 0 saturated heterocycles. The maximum absolute atomic E-state index is 12.1. The molecule has 9 heteroatoms. The fraction of sp³-hybridized carbons (Fsp3) is 0.368. The number of aryl methyl sites for hydroxylation is 2. The first-order valence-electron chi connectivity index (χ1n) is 8.44. The van der Waals surface area contributed by atoms with Gasteiger partial charge in [0.05, 0.1) is 4.90 Å². The Balaban J connectivity index is 2.25. The van der Waals surface area contributed by atoms with Gasteiger partial charge in [-0.05, 0) is 60.4 Å². The van der Waals surface area contributed by atoms with Gasteiger partial charge in [-0.1, -0.05) is 6.07 Å². The third kappa shape index (κ3) is 5.35. The molecule has 0 unspecified atom stereocenters. The van der Waals surface area contributed by atoms with Crippen molar-refractivity contribution in [1.29, 1.82) is 0 Å². The molecular formula is C19H25O7PS. The maximum Gasteiger partial charge on any atom is 0.367 e. The Hall–Kier alpha value is -1.86. The molecule has 0 aliphatic heterocycles. The van der Waals surface area contributed by atoms with Gasteiger partial charge in [0.15, 0.2) is 16.2 Å². The first-order chi connectivity index (χ1) is 13.0. The van der Waals surface area contributed by atoms with Crippen molar-refractivity contribution in [2.24, 2.45) is 0 Å². The summed E-state index contributed by atoms with van der Waals surface area (Å²) in [6.07, 6.45) is 1.33. The Bertz CT molecular complexity index is 984. The zero-order valence-electron chi connectivity index (χ0n) is 16.6. The van der Waals surface area contributed by atoms with E-state index < -0.39 is 17.4 Å². The van der Waals surface area contributed by atoms with E-state index in [4.69, 9.17) is 13.8 Å². The van der Waals surface area contributed by atoms with E-state index >= 15 is 0 Å². The largest absolute Gasteiger partial charge is 0.508 e. The van der Waals surface area contributed by atoms with E-state index in [-0.39, 0.29) is 17.0 Å². The lowest BCUT2D eigenvalue weighted by Crippen LogP contribution is -2.04. The Morgan fingerprint density at radius 1 is 1.04 bits per heavy atom. The highest BCUT2D eigenvalue weighted by Crippen LogP contribution is 2.46. The van der Waals surface area contributed by atoms with E-state index in [1.54, 1.807) is 18.2 Å². The number of hydrogen-bond acceptors (Lipinski definition) is 7. The van der Waals surface area contributed by atoms with Crippen molar-refractivity contribution in [3.05, 3.63) is 52.6 Å². The monoisotopic (exact) mass is 428 g/mol. The lowest BCUT2D eigenvalue weighted by atomic mass is 9.95. The summed E-state index contributed by atoms with van der Waals surface area (Å²) in [5, 5.41) is 10.2. The van der Waals surface area contributed by atoms with Crippen LogP contribution in [0.15, 0.2) is 35.2 Å². The Labute approximate surface area is 165 Å². The second-order valence-corrected chi connectivity index (χ2v) is 10.8. The fourth-order valence-electron chi connectivity index (χ4n) is 2.76. The number of phenols is 1. The minimum Gasteiger partial charge on any atom is -0.508 e. The van der Waals surface area contributed by atoms with Crippen molar-refractivity contribution in [2.45, 2.75) is 25.2 Å². The number of benzene rings is 2. The molecule has 0 saturated carbocycles. The molecule has 2 aromatic carbocycles. The number of sulfone groups is 1. The van der Waals surface area contributed by atoms with Gasteiger partial charge in [-0.25, -0.2) is 8.42 Å². The first kappa shape index (κ1) is 22.4. The number of phenolic OH excluding ortho intramolecular Hbond substituents is 1. The van der Waals surface area contributed by atoms with Crippen LogP contribution in [0, 0.1) is 13.8 Å². The molecular weight excluding hydrogens is 403 g/mol. The van der Waals surface area contributed by atoms with Crippen molar-refractivity contribution >= 4 is 17.4 Å². The first-order valence-corrected chi connectivity index (χ1v) is 12.1. The molecule has 0 aliphatic carbocycles. The molecule has 2 aromatic rings. The van der Waals surface area contributed by atoms with Crippen molar-refractivity contribution in [1.82, 2.24) is 0 Å². The van der Waals surface area contributed by atoms with Gasteiger partial charge in [-0.2, -0.15) is 0 Å². The smallest absolute Gasteiger partial charge is 0.367 e. The predicted molar refractivity (Wildman–Crippen MR) is 107 cm³/mol. The van der Waals surface area contributed by atoms with E-state index in [0.717, 1.165) is 22.9 Å².